The molecule has 0 N–H and O–H groups in total. The summed E-state index contributed by atoms with van der Waals surface area (Å²) < 4.78 is 0. The zero-order chi connectivity index (χ0) is 11.3. The van der Waals surface area contributed by atoms with E-state index in [0.717, 1.165) is 19.4 Å². The summed E-state index contributed by atoms with van der Waals surface area (Å²) in [5, 5.41) is 7.30. The van der Waals surface area contributed by atoms with Gasteiger partial charge < -0.3 is 0 Å². The van der Waals surface area contributed by atoms with E-state index in [1.54, 1.807) is 0 Å². The maximum Gasteiger partial charge on any atom is 0.141 e. The van der Waals surface area contributed by atoms with Gasteiger partial charge in [-0.15, -0.1) is 10.1 Å². The highest BCUT2D eigenvalue weighted by atomic mass is 17.3. The van der Waals surface area contributed by atoms with Crippen LogP contribution in [0.2, 0.25) is 0 Å². The average molecular weight is 226 g/mol. The first kappa shape index (κ1) is 13.0. The van der Waals surface area contributed by atoms with Crippen LogP contribution < -0.4 is 0 Å². The van der Waals surface area contributed by atoms with Crippen molar-refractivity contribution in [2.45, 2.75) is 57.8 Å². The molecule has 0 saturated heterocycles. The molecule has 1 aliphatic heterocycles. The minimum absolute atomic E-state index is 0.729. The minimum Gasteiger partial charge on any atom is -0.274 e. The molecule has 4 heteroatoms. The van der Waals surface area contributed by atoms with Gasteiger partial charge in [0.15, 0.2) is 0 Å². The standard InChI is InChI=1S/C12H22N2O2/c1-2-4-6-8-10-12-15-16-14-13-11-9-7-5-3-1/h10,12H,1-9,11H2/b12-10-,14-13+. The molecular formula is C12H22N2O2. The number of nitrogens with zero attached hydrogens (tertiary/aromatic N) is 2. The van der Waals surface area contributed by atoms with Crippen molar-refractivity contribution in [1.29, 1.82) is 0 Å². The topological polar surface area (TPSA) is 43.2 Å². The van der Waals surface area contributed by atoms with Crippen LogP contribution in [0, 0.1) is 0 Å². The molecule has 0 radical (unpaired) electrons. The fraction of sp³-hybridized carbons (Fsp3) is 0.833. The van der Waals surface area contributed by atoms with Crippen molar-refractivity contribution in [3.8, 4) is 0 Å². The second-order valence-corrected chi connectivity index (χ2v) is 4.11. The second kappa shape index (κ2) is 10.5. The molecule has 0 spiro atoms. The van der Waals surface area contributed by atoms with E-state index in [-0.39, 0.29) is 0 Å². The number of allylic oxidation sites excluding steroid dienone is 1. The average Bonchev–Trinajstić information content (AvgIpc) is 2.29. The Kier molecular flexibility index (Phi) is 8.50. The second-order valence-electron chi connectivity index (χ2n) is 4.11. The molecule has 0 fully saturated rings. The molecule has 0 aromatic carbocycles. The zero-order valence-corrected chi connectivity index (χ0v) is 9.94. The summed E-state index contributed by atoms with van der Waals surface area (Å²) in [5.74, 6) is 0. The lowest BCUT2D eigenvalue weighted by Crippen LogP contribution is -1.85. The fourth-order valence-electron chi connectivity index (χ4n) is 1.72. The maximum absolute atomic E-state index is 4.69. The SMILES string of the molecule is C1=C\OO/N=N/CCCCCCCCCC/1. The van der Waals surface area contributed by atoms with Crippen LogP contribution in [-0.2, 0) is 9.88 Å². The summed E-state index contributed by atoms with van der Waals surface area (Å²) in [6, 6.07) is 0. The Labute approximate surface area is 97.6 Å². The Morgan fingerprint density at radius 2 is 1.50 bits per heavy atom. The summed E-state index contributed by atoms with van der Waals surface area (Å²) in [6.45, 7) is 0.729. The smallest absolute Gasteiger partial charge is 0.141 e. The molecule has 0 saturated carbocycles. The van der Waals surface area contributed by atoms with Gasteiger partial charge in [-0.25, -0.2) is 0 Å². The highest BCUT2D eigenvalue weighted by molar-refractivity contribution is 4.71. The summed E-state index contributed by atoms with van der Waals surface area (Å²) in [4.78, 5) is 9.20. The minimum atomic E-state index is 0.729. The van der Waals surface area contributed by atoms with Crippen molar-refractivity contribution in [2.75, 3.05) is 6.54 Å². The van der Waals surface area contributed by atoms with Gasteiger partial charge in [0.05, 0.1) is 11.8 Å². The van der Waals surface area contributed by atoms with E-state index >= 15 is 0 Å². The first-order valence-electron chi connectivity index (χ1n) is 6.34. The van der Waals surface area contributed by atoms with Gasteiger partial charge in [-0.2, -0.15) is 0 Å². The monoisotopic (exact) mass is 226 g/mol. The molecule has 0 atom stereocenters. The van der Waals surface area contributed by atoms with Crippen LogP contribution >= 0.6 is 0 Å². The summed E-state index contributed by atoms with van der Waals surface area (Å²) >= 11 is 0. The van der Waals surface area contributed by atoms with Crippen molar-refractivity contribution >= 4 is 0 Å². The molecule has 0 aliphatic carbocycles. The fourth-order valence-corrected chi connectivity index (χ4v) is 1.72. The number of rotatable bonds is 0. The largest absolute Gasteiger partial charge is 0.274 e. The lowest BCUT2D eigenvalue weighted by Gasteiger charge is -2.01. The van der Waals surface area contributed by atoms with Crippen LogP contribution in [0.1, 0.15) is 57.8 Å². The third kappa shape index (κ3) is 8.26. The summed E-state index contributed by atoms with van der Waals surface area (Å²) in [7, 11) is 0. The molecule has 1 rings (SSSR count). The lowest BCUT2D eigenvalue weighted by atomic mass is 10.1. The van der Waals surface area contributed by atoms with Crippen LogP contribution in [0.5, 0.6) is 0 Å². The molecule has 4 nitrogen and oxygen atoms in total. The van der Waals surface area contributed by atoms with Gasteiger partial charge in [-0.1, -0.05) is 38.5 Å². The van der Waals surface area contributed by atoms with Gasteiger partial charge in [0.1, 0.15) is 6.26 Å². The zero-order valence-electron chi connectivity index (χ0n) is 9.94. The Morgan fingerprint density at radius 3 is 2.31 bits per heavy atom. The number of hydrogen-bond acceptors (Lipinski definition) is 4. The van der Waals surface area contributed by atoms with Crippen LogP contribution in [0.15, 0.2) is 22.7 Å². The van der Waals surface area contributed by atoms with Gasteiger partial charge in [0.25, 0.3) is 0 Å². The third-order valence-electron chi connectivity index (χ3n) is 2.66. The molecule has 0 amide bonds. The van der Waals surface area contributed by atoms with Gasteiger partial charge in [-0.3, -0.25) is 4.89 Å². The van der Waals surface area contributed by atoms with Crippen LogP contribution in [0.25, 0.3) is 0 Å². The lowest BCUT2D eigenvalue weighted by molar-refractivity contribution is -0.257. The maximum atomic E-state index is 4.69. The number of hydrogen-bond donors (Lipinski definition) is 0. The molecular weight excluding hydrogens is 204 g/mol. The molecule has 1 heterocycles. The Bertz CT molecular complexity index is 183. The molecule has 92 valence electrons. The third-order valence-corrected chi connectivity index (χ3v) is 2.66. The van der Waals surface area contributed by atoms with E-state index in [2.05, 4.69) is 15.4 Å². The molecule has 0 bridgehead atoms. The van der Waals surface area contributed by atoms with Gasteiger partial charge in [-0.05, 0) is 25.3 Å². The van der Waals surface area contributed by atoms with Crippen molar-refractivity contribution in [3.05, 3.63) is 12.3 Å². The first-order chi connectivity index (χ1) is 8.00. The Balaban J connectivity index is 2.14. The van der Waals surface area contributed by atoms with Crippen LogP contribution in [-0.4, -0.2) is 6.54 Å². The van der Waals surface area contributed by atoms with Crippen LogP contribution in [0.4, 0.5) is 0 Å². The highest BCUT2D eigenvalue weighted by Gasteiger charge is 1.92. The molecule has 1 aliphatic rings. The quantitative estimate of drug-likeness (QED) is 0.576. The van der Waals surface area contributed by atoms with E-state index < -0.39 is 0 Å². The molecule has 0 aromatic heterocycles. The van der Waals surface area contributed by atoms with Crippen LogP contribution in [0.3, 0.4) is 0 Å². The molecule has 0 unspecified atom stereocenters. The van der Waals surface area contributed by atoms with Gasteiger partial charge in [0, 0.05) is 0 Å². The molecule has 0 aromatic rings. The van der Waals surface area contributed by atoms with Gasteiger partial charge >= 0.3 is 0 Å². The predicted octanol–water partition coefficient (Wildman–Crippen LogP) is 4.34. The van der Waals surface area contributed by atoms with E-state index in [0.29, 0.717) is 0 Å². The van der Waals surface area contributed by atoms with E-state index in [1.165, 1.54) is 51.2 Å². The first-order valence-corrected chi connectivity index (χ1v) is 6.34. The van der Waals surface area contributed by atoms with E-state index in [1.807, 2.05) is 6.08 Å². The van der Waals surface area contributed by atoms with Crippen molar-refractivity contribution in [2.24, 2.45) is 10.4 Å². The summed E-state index contributed by atoms with van der Waals surface area (Å²) in [5.41, 5.74) is 0. The summed E-state index contributed by atoms with van der Waals surface area (Å²) in [6.07, 6.45) is 14.8. The normalized spacial score (nSPS) is 25.0. The Morgan fingerprint density at radius 1 is 0.812 bits per heavy atom. The van der Waals surface area contributed by atoms with Gasteiger partial charge in [0.2, 0.25) is 0 Å². The van der Waals surface area contributed by atoms with E-state index in [4.69, 9.17) is 4.89 Å². The molecule has 16 heavy (non-hydrogen) atoms. The van der Waals surface area contributed by atoms with Crippen molar-refractivity contribution < 1.29 is 9.88 Å². The highest BCUT2D eigenvalue weighted by Crippen LogP contribution is 2.10. The van der Waals surface area contributed by atoms with E-state index in [9.17, 15) is 0 Å². The predicted molar refractivity (Wildman–Crippen MR) is 62.6 cm³/mol. The van der Waals surface area contributed by atoms with Crippen molar-refractivity contribution in [1.82, 2.24) is 0 Å². The Hall–Kier alpha value is -1.06. The van der Waals surface area contributed by atoms with Crippen molar-refractivity contribution in [3.63, 3.8) is 0 Å².